The molecule has 4 N–H and O–H groups in total. The van der Waals surface area contributed by atoms with Gasteiger partial charge in [-0.15, -0.1) is 0 Å². The van der Waals surface area contributed by atoms with E-state index in [9.17, 15) is 13.6 Å². The molecule has 0 unspecified atom stereocenters. The van der Waals surface area contributed by atoms with E-state index in [0.717, 1.165) is 62.1 Å². The summed E-state index contributed by atoms with van der Waals surface area (Å²) in [6.07, 6.45) is 1.62. The molecule has 0 aliphatic heterocycles. The molecule has 0 fully saturated rings. The number of nitrogens with two attached hydrogens (primary N) is 1. The van der Waals surface area contributed by atoms with E-state index in [2.05, 4.69) is 14.7 Å². The molecule has 0 bridgehead atoms. The van der Waals surface area contributed by atoms with Gasteiger partial charge in [0.15, 0.2) is 0 Å². The highest BCUT2D eigenvalue weighted by atomic mass is 32.2. The maximum absolute atomic E-state index is 14.0. The highest BCUT2D eigenvalue weighted by molar-refractivity contribution is 8.00. The largest absolute Gasteiger partial charge is 0.383 e. The zero-order chi connectivity index (χ0) is 26.8. The molecule has 0 aliphatic carbocycles. The van der Waals surface area contributed by atoms with Gasteiger partial charge in [0, 0.05) is 33.7 Å². The van der Waals surface area contributed by atoms with Gasteiger partial charge < -0.3 is 15.4 Å². The summed E-state index contributed by atoms with van der Waals surface area (Å²) in [5.41, 5.74) is 10.3. The molecule has 5 rings (SSSR count). The van der Waals surface area contributed by atoms with Crippen molar-refractivity contribution in [2.24, 2.45) is 0 Å². The van der Waals surface area contributed by atoms with Gasteiger partial charge in [0.2, 0.25) is 0 Å². The minimum Gasteiger partial charge on any atom is -0.383 e. The van der Waals surface area contributed by atoms with E-state index in [1.165, 1.54) is 6.07 Å². The molecule has 0 saturated heterocycles. The molecule has 6 nitrogen and oxygen atoms in total. The van der Waals surface area contributed by atoms with Gasteiger partial charge in [-0.25, -0.2) is 13.8 Å². The van der Waals surface area contributed by atoms with Crippen LogP contribution in [0.15, 0.2) is 93.6 Å². The Morgan fingerprint density at radius 2 is 1.68 bits per heavy atom. The third-order valence-corrected chi connectivity index (χ3v) is 7.42. The zero-order valence-corrected chi connectivity index (χ0v) is 22.1. The molecule has 0 saturated carbocycles. The SMILES string of the molecule is CN(C)Sc1ccc(-c2cc3cc(-c4c[nH]c(=O)c(NSc5ccc(F)cc5F)c4)ccc3nc2N)cc1. The standard InChI is InChI=1S/C28H23F2N5OS2/c1-35(2)38-21-7-3-16(4-8-21)22-12-18-11-17(5-9-24(18)33-27(22)31)19-13-25(28(36)32-15-19)34-37-26-10-6-20(29)14-23(26)30/h3-15,34H,1-2H3,(H2,31,33)(H,32,36). The summed E-state index contributed by atoms with van der Waals surface area (Å²) in [6.45, 7) is 0. The van der Waals surface area contributed by atoms with Crippen LogP contribution in [0.3, 0.4) is 0 Å². The van der Waals surface area contributed by atoms with Crippen molar-refractivity contribution in [3.8, 4) is 22.3 Å². The Labute approximate surface area is 226 Å². The van der Waals surface area contributed by atoms with Crippen LogP contribution in [0.4, 0.5) is 20.3 Å². The van der Waals surface area contributed by atoms with Crippen molar-refractivity contribution in [1.82, 2.24) is 14.3 Å². The van der Waals surface area contributed by atoms with Gasteiger partial charge in [-0.2, -0.15) is 0 Å². The van der Waals surface area contributed by atoms with Crippen molar-refractivity contribution in [1.29, 1.82) is 0 Å². The molecule has 0 spiro atoms. The number of hydrogen-bond donors (Lipinski definition) is 3. The van der Waals surface area contributed by atoms with Crippen LogP contribution in [0.25, 0.3) is 33.2 Å². The Kier molecular flexibility index (Phi) is 7.37. The average Bonchev–Trinajstić information content (AvgIpc) is 2.88. The number of pyridine rings is 2. The second kappa shape index (κ2) is 10.9. The predicted octanol–water partition coefficient (Wildman–Crippen LogP) is 6.81. The van der Waals surface area contributed by atoms with E-state index < -0.39 is 11.6 Å². The number of H-pyrrole nitrogens is 1. The minimum atomic E-state index is -0.710. The molecule has 2 aromatic heterocycles. The number of fused-ring (bicyclic) bond motifs is 1. The summed E-state index contributed by atoms with van der Waals surface area (Å²) in [5.74, 6) is -0.931. The number of halogens is 2. The minimum absolute atomic E-state index is 0.173. The Hall–Kier alpha value is -3.86. The molecular weight excluding hydrogens is 524 g/mol. The smallest absolute Gasteiger partial charge is 0.272 e. The Morgan fingerprint density at radius 3 is 2.42 bits per heavy atom. The third kappa shape index (κ3) is 5.67. The highest BCUT2D eigenvalue weighted by Gasteiger charge is 2.11. The van der Waals surface area contributed by atoms with E-state index in [-0.39, 0.29) is 16.1 Å². The normalized spacial score (nSPS) is 11.3. The third-order valence-electron chi connectivity index (χ3n) is 5.70. The zero-order valence-electron chi connectivity index (χ0n) is 20.5. The molecule has 0 aliphatic rings. The molecule has 2 heterocycles. The molecule has 0 amide bonds. The van der Waals surface area contributed by atoms with Crippen LogP contribution >= 0.6 is 23.9 Å². The van der Waals surface area contributed by atoms with E-state index in [1.807, 2.05) is 66.9 Å². The van der Waals surface area contributed by atoms with Gasteiger partial charge in [0.05, 0.1) is 10.4 Å². The lowest BCUT2D eigenvalue weighted by atomic mass is 10.0. The van der Waals surface area contributed by atoms with Gasteiger partial charge >= 0.3 is 0 Å². The van der Waals surface area contributed by atoms with Crippen LogP contribution < -0.4 is 16.0 Å². The summed E-state index contributed by atoms with van der Waals surface area (Å²) in [7, 11) is 3.99. The first kappa shape index (κ1) is 25.8. The Balaban J connectivity index is 1.44. The van der Waals surface area contributed by atoms with Crippen LogP contribution in [0.2, 0.25) is 0 Å². The van der Waals surface area contributed by atoms with Gasteiger partial charge in [-0.1, -0.05) is 18.2 Å². The molecule has 38 heavy (non-hydrogen) atoms. The number of benzene rings is 3. The molecule has 3 aromatic carbocycles. The van der Waals surface area contributed by atoms with Gasteiger partial charge in [-0.05, 0) is 97.6 Å². The maximum Gasteiger partial charge on any atom is 0.272 e. The first-order valence-electron chi connectivity index (χ1n) is 11.5. The number of aromatic amines is 1. The molecule has 10 heteroatoms. The topological polar surface area (TPSA) is 87.0 Å². The summed E-state index contributed by atoms with van der Waals surface area (Å²) in [5, 5.41) is 0.891. The number of nitrogens with one attached hydrogen (secondary N) is 2. The highest BCUT2D eigenvalue weighted by Crippen LogP contribution is 2.33. The van der Waals surface area contributed by atoms with Crippen LogP contribution in [-0.2, 0) is 0 Å². The second-order valence-corrected chi connectivity index (χ2v) is 10.9. The summed E-state index contributed by atoms with van der Waals surface area (Å²) in [4.78, 5) is 21.0. The number of nitrogen functional groups attached to an aromatic ring is 1. The number of rotatable bonds is 7. The van der Waals surface area contributed by atoms with Crippen molar-refractivity contribution in [2.75, 3.05) is 24.6 Å². The molecule has 0 radical (unpaired) electrons. The van der Waals surface area contributed by atoms with Crippen molar-refractivity contribution < 1.29 is 8.78 Å². The van der Waals surface area contributed by atoms with Gasteiger partial charge in [0.1, 0.15) is 23.1 Å². The lowest BCUT2D eigenvalue weighted by molar-refractivity contribution is 0.566. The van der Waals surface area contributed by atoms with E-state index >= 15 is 0 Å². The number of aromatic nitrogens is 2. The lowest BCUT2D eigenvalue weighted by Gasteiger charge is -2.12. The summed E-state index contributed by atoms with van der Waals surface area (Å²) >= 11 is 2.53. The van der Waals surface area contributed by atoms with Crippen molar-refractivity contribution in [2.45, 2.75) is 9.79 Å². The second-order valence-electron chi connectivity index (χ2n) is 8.67. The monoisotopic (exact) mass is 547 g/mol. The van der Waals surface area contributed by atoms with Crippen molar-refractivity contribution >= 4 is 46.3 Å². The fourth-order valence-electron chi connectivity index (χ4n) is 3.90. The van der Waals surface area contributed by atoms with Crippen LogP contribution in [0, 0.1) is 11.6 Å². The molecule has 192 valence electrons. The summed E-state index contributed by atoms with van der Waals surface area (Å²) < 4.78 is 32.1. The fraction of sp³-hybridized carbons (Fsp3) is 0.0714. The van der Waals surface area contributed by atoms with E-state index in [0.29, 0.717) is 5.82 Å². The van der Waals surface area contributed by atoms with E-state index in [1.54, 1.807) is 24.2 Å². The van der Waals surface area contributed by atoms with Crippen LogP contribution in [0.1, 0.15) is 0 Å². The van der Waals surface area contributed by atoms with E-state index in [4.69, 9.17) is 5.73 Å². The maximum atomic E-state index is 14.0. The van der Waals surface area contributed by atoms with Crippen molar-refractivity contribution in [3.05, 3.63) is 101 Å². The summed E-state index contributed by atoms with van der Waals surface area (Å²) in [6, 6.07) is 20.9. The molecule has 0 atom stereocenters. The molecular formula is C28H23F2N5OS2. The number of hydrogen-bond acceptors (Lipinski definition) is 7. The number of anilines is 2. The fourth-order valence-corrected chi connectivity index (χ4v) is 5.25. The Bertz CT molecular complexity index is 1690. The van der Waals surface area contributed by atoms with Gasteiger partial charge in [-0.3, -0.25) is 9.10 Å². The van der Waals surface area contributed by atoms with Crippen LogP contribution in [-0.4, -0.2) is 28.4 Å². The first-order valence-corrected chi connectivity index (χ1v) is 13.1. The lowest BCUT2D eigenvalue weighted by Crippen LogP contribution is -2.10. The molecule has 5 aromatic rings. The van der Waals surface area contributed by atoms with Crippen LogP contribution in [0.5, 0.6) is 0 Å². The number of nitrogens with zero attached hydrogens (tertiary/aromatic N) is 2. The first-order chi connectivity index (χ1) is 18.3. The van der Waals surface area contributed by atoms with Gasteiger partial charge in [0.25, 0.3) is 5.56 Å². The Morgan fingerprint density at radius 1 is 0.921 bits per heavy atom. The van der Waals surface area contributed by atoms with Crippen molar-refractivity contribution in [3.63, 3.8) is 0 Å². The predicted molar refractivity (Wildman–Crippen MR) is 153 cm³/mol. The average molecular weight is 548 g/mol. The quantitative estimate of drug-likeness (QED) is 0.193.